The molecule has 1 atom stereocenters. The van der Waals surface area contributed by atoms with E-state index in [9.17, 15) is 4.79 Å². The van der Waals surface area contributed by atoms with Crippen molar-refractivity contribution in [2.75, 3.05) is 0 Å². The van der Waals surface area contributed by atoms with Gasteiger partial charge >= 0.3 is 5.97 Å². The van der Waals surface area contributed by atoms with Gasteiger partial charge in [-0.05, 0) is 18.6 Å². The molecule has 0 aromatic carbocycles. The number of aliphatic carboxylic acids is 1. The molecule has 1 unspecified atom stereocenters. The summed E-state index contributed by atoms with van der Waals surface area (Å²) in [7, 11) is 0. The summed E-state index contributed by atoms with van der Waals surface area (Å²) in [5, 5.41) is 8.57. The Morgan fingerprint density at radius 3 is 2.92 bits per heavy atom. The van der Waals surface area contributed by atoms with E-state index in [2.05, 4.69) is 0 Å². The first-order chi connectivity index (χ1) is 5.74. The van der Waals surface area contributed by atoms with Gasteiger partial charge in [0.05, 0.1) is 12.7 Å². The maximum atomic E-state index is 10.4. The molecule has 1 aromatic rings. The van der Waals surface area contributed by atoms with Gasteiger partial charge < -0.3 is 9.52 Å². The van der Waals surface area contributed by atoms with Crippen LogP contribution < -0.4 is 0 Å². The Hall–Kier alpha value is -1.25. The molecule has 1 rings (SSSR count). The van der Waals surface area contributed by atoms with Crippen molar-refractivity contribution in [3.63, 3.8) is 0 Å². The third-order valence-corrected chi connectivity index (χ3v) is 1.86. The third-order valence-electron chi connectivity index (χ3n) is 1.86. The maximum absolute atomic E-state index is 10.4. The first-order valence-electron chi connectivity index (χ1n) is 3.99. The largest absolute Gasteiger partial charge is 0.481 e. The fourth-order valence-electron chi connectivity index (χ4n) is 1.18. The molecule has 0 radical (unpaired) electrons. The number of furan rings is 1. The van der Waals surface area contributed by atoms with Crippen LogP contribution >= 0.6 is 0 Å². The molecule has 0 amide bonds. The highest BCUT2D eigenvalue weighted by molar-refractivity contribution is 5.67. The fraction of sp³-hybridized carbons (Fsp3) is 0.444. The summed E-state index contributed by atoms with van der Waals surface area (Å²) in [6, 6.07) is 3.59. The van der Waals surface area contributed by atoms with Crippen LogP contribution in [0.1, 0.15) is 31.4 Å². The lowest BCUT2D eigenvalue weighted by atomic mass is 10.00. The highest BCUT2D eigenvalue weighted by Crippen LogP contribution is 2.23. The van der Waals surface area contributed by atoms with E-state index in [-0.39, 0.29) is 12.3 Å². The summed E-state index contributed by atoms with van der Waals surface area (Å²) in [6.07, 6.45) is 2.50. The molecule has 0 aliphatic heterocycles. The van der Waals surface area contributed by atoms with E-state index in [4.69, 9.17) is 9.52 Å². The Morgan fingerprint density at radius 1 is 1.75 bits per heavy atom. The van der Waals surface area contributed by atoms with Gasteiger partial charge in [0.1, 0.15) is 5.76 Å². The zero-order valence-electron chi connectivity index (χ0n) is 6.99. The minimum Gasteiger partial charge on any atom is -0.481 e. The van der Waals surface area contributed by atoms with Crippen LogP contribution in [0.3, 0.4) is 0 Å². The highest BCUT2D eigenvalue weighted by Gasteiger charge is 2.15. The molecule has 0 saturated heterocycles. The summed E-state index contributed by atoms with van der Waals surface area (Å²) >= 11 is 0. The highest BCUT2D eigenvalue weighted by atomic mass is 16.4. The van der Waals surface area contributed by atoms with Gasteiger partial charge in [0.25, 0.3) is 0 Å². The average Bonchev–Trinajstić information content (AvgIpc) is 2.51. The number of carboxylic acids is 1. The van der Waals surface area contributed by atoms with Crippen molar-refractivity contribution in [1.82, 2.24) is 0 Å². The van der Waals surface area contributed by atoms with Crippen molar-refractivity contribution in [3.8, 4) is 0 Å². The number of carbonyl (C=O) groups is 1. The standard InChI is InChI=1S/C9H12O3/c1-2-7(6-9(10)11)8-4-3-5-12-8/h3-5,7H,2,6H2,1H3,(H,10,11). The SMILES string of the molecule is CCC(CC(=O)O)c1ccco1. The second-order valence-corrected chi connectivity index (χ2v) is 2.72. The van der Waals surface area contributed by atoms with Gasteiger partial charge in [-0.25, -0.2) is 0 Å². The number of rotatable bonds is 4. The lowest BCUT2D eigenvalue weighted by Gasteiger charge is -2.07. The molecule has 66 valence electrons. The number of carboxylic acid groups (broad SMARTS) is 1. The molecule has 0 aliphatic rings. The number of hydrogen-bond acceptors (Lipinski definition) is 2. The van der Waals surface area contributed by atoms with Crippen molar-refractivity contribution >= 4 is 5.97 Å². The Kier molecular flexibility index (Phi) is 2.91. The molecule has 3 heteroatoms. The van der Waals surface area contributed by atoms with E-state index in [1.807, 2.05) is 13.0 Å². The molecule has 0 fully saturated rings. The predicted molar refractivity (Wildman–Crippen MR) is 44.0 cm³/mol. The van der Waals surface area contributed by atoms with Crippen LogP contribution in [-0.2, 0) is 4.79 Å². The predicted octanol–water partition coefficient (Wildman–Crippen LogP) is 2.25. The van der Waals surface area contributed by atoms with E-state index >= 15 is 0 Å². The van der Waals surface area contributed by atoms with Crippen LogP contribution in [0.2, 0.25) is 0 Å². The van der Waals surface area contributed by atoms with E-state index < -0.39 is 5.97 Å². The molecular weight excluding hydrogens is 156 g/mol. The molecule has 0 spiro atoms. The summed E-state index contributed by atoms with van der Waals surface area (Å²) in [6.45, 7) is 1.95. The van der Waals surface area contributed by atoms with Gasteiger partial charge in [-0.2, -0.15) is 0 Å². The zero-order chi connectivity index (χ0) is 8.97. The lowest BCUT2D eigenvalue weighted by Crippen LogP contribution is -2.04. The number of hydrogen-bond donors (Lipinski definition) is 1. The van der Waals surface area contributed by atoms with Gasteiger partial charge in [-0.15, -0.1) is 0 Å². The quantitative estimate of drug-likeness (QED) is 0.750. The van der Waals surface area contributed by atoms with Gasteiger partial charge in [0.2, 0.25) is 0 Å². The first-order valence-corrected chi connectivity index (χ1v) is 3.99. The lowest BCUT2D eigenvalue weighted by molar-refractivity contribution is -0.137. The van der Waals surface area contributed by atoms with Gasteiger partial charge in [0.15, 0.2) is 0 Å². The molecule has 1 aromatic heterocycles. The molecule has 0 saturated carbocycles. The van der Waals surface area contributed by atoms with Crippen molar-refractivity contribution in [2.45, 2.75) is 25.7 Å². The Balaban J connectivity index is 2.63. The minimum atomic E-state index is -0.779. The van der Waals surface area contributed by atoms with Crippen LogP contribution in [0, 0.1) is 0 Å². The summed E-state index contributed by atoms with van der Waals surface area (Å²) < 4.78 is 5.12. The summed E-state index contributed by atoms with van der Waals surface area (Å²) in [5.41, 5.74) is 0. The summed E-state index contributed by atoms with van der Waals surface area (Å²) in [4.78, 5) is 10.4. The Labute approximate surface area is 71.0 Å². The van der Waals surface area contributed by atoms with Gasteiger partial charge in [-0.3, -0.25) is 4.79 Å². The Bertz CT molecular complexity index is 238. The molecule has 0 bridgehead atoms. The summed E-state index contributed by atoms with van der Waals surface area (Å²) in [5.74, 6) is -0.00403. The topological polar surface area (TPSA) is 50.4 Å². The van der Waals surface area contributed by atoms with Crippen LogP contribution in [-0.4, -0.2) is 11.1 Å². The smallest absolute Gasteiger partial charge is 0.304 e. The van der Waals surface area contributed by atoms with Crippen LogP contribution in [0.5, 0.6) is 0 Å². The molecule has 3 nitrogen and oxygen atoms in total. The van der Waals surface area contributed by atoms with E-state index in [1.54, 1.807) is 12.3 Å². The zero-order valence-corrected chi connectivity index (χ0v) is 6.99. The van der Waals surface area contributed by atoms with Crippen molar-refractivity contribution < 1.29 is 14.3 Å². The van der Waals surface area contributed by atoms with Crippen LogP contribution in [0.15, 0.2) is 22.8 Å². The normalized spacial score (nSPS) is 12.8. The molecular formula is C9H12O3. The molecule has 1 N–H and O–H groups in total. The fourth-order valence-corrected chi connectivity index (χ4v) is 1.18. The van der Waals surface area contributed by atoms with Crippen molar-refractivity contribution in [3.05, 3.63) is 24.2 Å². The minimum absolute atomic E-state index is 0.0116. The van der Waals surface area contributed by atoms with E-state index in [0.717, 1.165) is 12.2 Å². The van der Waals surface area contributed by atoms with Gasteiger partial charge in [0, 0.05) is 5.92 Å². The first kappa shape index (κ1) is 8.84. The molecule has 12 heavy (non-hydrogen) atoms. The second-order valence-electron chi connectivity index (χ2n) is 2.72. The average molecular weight is 168 g/mol. The third kappa shape index (κ3) is 2.12. The van der Waals surface area contributed by atoms with E-state index in [0.29, 0.717) is 0 Å². The second kappa shape index (κ2) is 3.95. The van der Waals surface area contributed by atoms with Crippen molar-refractivity contribution in [1.29, 1.82) is 0 Å². The van der Waals surface area contributed by atoms with Crippen molar-refractivity contribution in [2.24, 2.45) is 0 Å². The van der Waals surface area contributed by atoms with Gasteiger partial charge in [-0.1, -0.05) is 6.92 Å². The van der Waals surface area contributed by atoms with Crippen LogP contribution in [0.25, 0.3) is 0 Å². The van der Waals surface area contributed by atoms with Crippen LogP contribution in [0.4, 0.5) is 0 Å². The monoisotopic (exact) mass is 168 g/mol. The van der Waals surface area contributed by atoms with E-state index in [1.165, 1.54) is 0 Å². The molecule has 0 aliphatic carbocycles. The maximum Gasteiger partial charge on any atom is 0.304 e. The molecule has 1 heterocycles. The Morgan fingerprint density at radius 2 is 2.50 bits per heavy atom.